The molecule has 0 radical (unpaired) electrons. The monoisotopic (exact) mass is 166 g/mol. The molecule has 0 aliphatic rings. The van der Waals surface area contributed by atoms with Gasteiger partial charge >= 0.3 is 0 Å². The van der Waals surface area contributed by atoms with Crippen LogP contribution in [0.25, 0.3) is 0 Å². The largest absolute Gasteiger partial charge is 0.149 e. The van der Waals surface area contributed by atoms with Gasteiger partial charge in [0.2, 0.25) is 0 Å². The summed E-state index contributed by atoms with van der Waals surface area (Å²) >= 11 is 1.85. The standard InChI is InChI=1S/C10H14S/c1-2-3-4-5-7-10-8-6-9-11-10/h3-4,6,8-9H,2,5,7H2,1H3. The summed E-state index contributed by atoms with van der Waals surface area (Å²) in [6, 6.07) is 4.31. The van der Waals surface area contributed by atoms with Crippen LogP contribution in [-0.4, -0.2) is 0 Å². The molecule has 0 aromatic carbocycles. The molecule has 1 aromatic rings. The van der Waals surface area contributed by atoms with E-state index in [1.165, 1.54) is 17.7 Å². The van der Waals surface area contributed by atoms with Crippen LogP contribution in [0.5, 0.6) is 0 Å². The van der Waals surface area contributed by atoms with Crippen LogP contribution in [0.3, 0.4) is 0 Å². The Hall–Kier alpha value is -0.560. The Balaban J connectivity index is 2.19. The second kappa shape index (κ2) is 5.14. The average molecular weight is 166 g/mol. The molecule has 0 nitrogen and oxygen atoms in total. The van der Waals surface area contributed by atoms with Crippen LogP contribution in [0.2, 0.25) is 0 Å². The van der Waals surface area contributed by atoms with Crippen LogP contribution in [0.4, 0.5) is 0 Å². The van der Waals surface area contributed by atoms with Gasteiger partial charge in [-0.15, -0.1) is 11.3 Å². The maximum Gasteiger partial charge on any atom is 0.00482 e. The molecule has 1 heterocycles. The molecule has 0 aliphatic carbocycles. The zero-order valence-corrected chi connectivity index (χ0v) is 7.73. The molecule has 1 aromatic heterocycles. The summed E-state index contributed by atoms with van der Waals surface area (Å²) in [6.45, 7) is 2.17. The predicted molar refractivity (Wildman–Crippen MR) is 52.1 cm³/mol. The first-order valence-electron chi connectivity index (χ1n) is 4.11. The maximum absolute atomic E-state index is 2.26. The highest BCUT2D eigenvalue weighted by molar-refractivity contribution is 7.09. The second-order valence-electron chi connectivity index (χ2n) is 2.50. The Morgan fingerprint density at radius 2 is 2.36 bits per heavy atom. The van der Waals surface area contributed by atoms with Gasteiger partial charge in [-0.05, 0) is 30.7 Å². The lowest BCUT2D eigenvalue weighted by molar-refractivity contribution is 1.02. The summed E-state index contributed by atoms with van der Waals surface area (Å²) in [7, 11) is 0. The van der Waals surface area contributed by atoms with Crippen molar-refractivity contribution in [1.29, 1.82) is 0 Å². The number of aryl methyl sites for hydroxylation is 1. The van der Waals surface area contributed by atoms with E-state index in [0.29, 0.717) is 0 Å². The lowest BCUT2D eigenvalue weighted by Crippen LogP contribution is -1.74. The second-order valence-corrected chi connectivity index (χ2v) is 3.53. The Kier molecular flexibility index (Phi) is 3.99. The summed E-state index contributed by atoms with van der Waals surface area (Å²) in [5, 5.41) is 2.14. The molecule has 0 amide bonds. The number of hydrogen-bond acceptors (Lipinski definition) is 1. The van der Waals surface area contributed by atoms with E-state index in [1.807, 2.05) is 11.3 Å². The van der Waals surface area contributed by atoms with Gasteiger partial charge in [0.05, 0.1) is 0 Å². The van der Waals surface area contributed by atoms with Gasteiger partial charge < -0.3 is 0 Å². The Labute approximate surface area is 72.6 Å². The topological polar surface area (TPSA) is 0 Å². The first-order valence-corrected chi connectivity index (χ1v) is 4.99. The highest BCUT2D eigenvalue weighted by Crippen LogP contribution is 2.10. The van der Waals surface area contributed by atoms with Crippen molar-refractivity contribution in [2.45, 2.75) is 26.2 Å². The van der Waals surface area contributed by atoms with E-state index in [2.05, 4.69) is 36.6 Å². The van der Waals surface area contributed by atoms with Crippen molar-refractivity contribution in [3.05, 3.63) is 34.5 Å². The molecule has 0 aliphatic heterocycles. The molecule has 60 valence electrons. The summed E-state index contributed by atoms with van der Waals surface area (Å²) < 4.78 is 0. The van der Waals surface area contributed by atoms with Gasteiger partial charge in [-0.2, -0.15) is 0 Å². The van der Waals surface area contributed by atoms with Crippen LogP contribution >= 0.6 is 11.3 Å². The molecule has 0 saturated heterocycles. The third-order valence-corrected chi connectivity index (χ3v) is 2.48. The number of allylic oxidation sites excluding steroid dienone is 2. The lowest BCUT2D eigenvalue weighted by atomic mass is 10.2. The highest BCUT2D eigenvalue weighted by atomic mass is 32.1. The first kappa shape index (κ1) is 8.54. The van der Waals surface area contributed by atoms with E-state index in [0.717, 1.165) is 6.42 Å². The van der Waals surface area contributed by atoms with Crippen molar-refractivity contribution in [2.24, 2.45) is 0 Å². The summed E-state index contributed by atoms with van der Waals surface area (Å²) in [5.41, 5.74) is 0. The molecule has 0 fully saturated rings. The molecular weight excluding hydrogens is 152 g/mol. The van der Waals surface area contributed by atoms with Crippen molar-refractivity contribution in [2.75, 3.05) is 0 Å². The number of hydrogen-bond donors (Lipinski definition) is 0. The van der Waals surface area contributed by atoms with Gasteiger partial charge in [0, 0.05) is 4.88 Å². The van der Waals surface area contributed by atoms with Gasteiger partial charge in [-0.1, -0.05) is 25.1 Å². The molecule has 1 heteroatoms. The lowest BCUT2D eigenvalue weighted by Gasteiger charge is -1.89. The highest BCUT2D eigenvalue weighted by Gasteiger charge is 1.89. The third kappa shape index (κ3) is 3.38. The minimum absolute atomic E-state index is 1.16. The normalized spacial score (nSPS) is 11.0. The number of rotatable bonds is 4. The van der Waals surface area contributed by atoms with Crippen molar-refractivity contribution in [1.82, 2.24) is 0 Å². The van der Waals surface area contributed by atoms with Gasteiger partial charge in [-0.25, -0.2) is 0 Å². The Morgan fingerprint density at radius 1 is 1.45 bits per heavy atom. The molecule has 0 spiro atoms. The maximum atomic E-state index is 2.26. The molecular formula is C10H14S. The van der Waals surface area contributed by atoms with Crippen molar-refractivity contribution >= 4 is 11.3 Å². The van der Waals surface area contributed by atoms with Gasteiger partial charge in [-0.3, -0.25) is 0 Å². The van der Waals surface area contributed by atoms with Crippen LogP contribution in [0, 0.1) is 0 Å². The fourth-order valence-electron chi connectivity index (χ4n) is 0.965. The van der Waals surface area contributed by atoms with Crippen molar-refractivity contribution in [3.8, 4) is 0 Å². The van der Waals surface area contributed by atoms with Gasteiger partial charge in [0.25, 0.3) is 0 Å². The number of thiophene rings is 1. The summed E-state index contributed by atoms with van der Waals surface area (Å²) in [5.74, 6) is 0. The van der Waals surface area contributed by atoms with Crippen LogP contribution in [0.1, 0.15) is 24.6 Å². The van der Waals surface area contributed by atoms with Crippen LogP contribution < -0.4 is 0 Å². The molecule has 11 heavy (non-hydrogen) atoms. The van der Waals surface area contributed by atoms with E-state index in [1.54, 1.807) is 0 Å². The quantitative estimate of drug-likeness (QED) is 0.599. The Morgan fingerprint density at radius 3 is 3.00 bits per heavy atom. The fraction of sp³-hybridized carbons (Fsp3) is 0.400. The van der Waals surface area contributed by atoms with Gasteiger partial charge in [0.15, 0.2) is 0 Å². The smallest absolute Gasteiger partial charge is 0.00482 e. The van der Waals surface area contributed by atoms with Crippen LogP contribution in [-0.2, 0) is 6.42 Å². The van der Waals surface area contributed by atoms with Crippen LogP contribution in [0.15, 0.2) is 29.7 Å². The molecule has 1 rings (SSSR count). The SMILES string of the molecule is CCC=CCCc1cccs1. The first-order chi connectivity index (χ1) is 5.43. The van der Waals surface area contributed by atoms with E-state index in [-0.39, 0.29) is 0 Å². The molecule has 0 saturated carbocycles. The average Bonchev–Trinajstić information content (AvgIpc) is 2.50. The minimum atomic E-state index is 1.16. The van der Waals surface area contributed by atoms with E-state index < -0.39 is 0 Å². The zero-order chi connectivity index (χ0) is 7.94. The fourth-order valence-corrected chi connectivity index (χ4v) is 1.69. The molecule has 0 N–H and O–H groups in total. The predicted octanol–water partition coefficient (Wildman–Crippen LogP) is 3.65. The molecule has 0 atom stereocenters. The van der Waals surface area contributed by atoms with Crippen molar-refractivity contribution < 1.29 is 0 Å². The molecule has 0 bridgehead atoms. The summed E-state index contributed by atoms with van der Waals surface area (Å²) in [4.78, 5) is 1.49. The molecule has 0 unspecified atom stereocenters. The van der Waals surface area contributed by atoms with Gasteiger partial charge in [0.1, 0.15) is 0 Å². The van der Waals surface area contributed by atoms with Crippen molar-refractivity contribution in [3.63, 3.8) is 0 Å². The summed E-state index contributed by atoms with van der Waals surface area (Å²) in [6.07, 6.45) is 8.04. The van der Waals surface area contributed by atoms with E-state index in [4.69, 9.17) is 0 Å². The zero-order valence-electron chi connectivity index (χ0n) is 6.92. The van der Waals surface area contributed by atoms with E-state index >= 15 is 0 Å². The van der Waals surface area contributed by atoms with E-state index in [9.17, 15) is 0 Å². The minimum Gasteiger partial charge on any atom is -0.149 e. The third-order valence-electron chi connectivity index (χ3n) is 1.54. The Bertz CT molecular complexity index is 197.